The molecule has 0 aliphatic heterocycles. The van der Waals surface area contributed by atoms with Crippen molar-refractivity contribution >= 4 is 21.6 Å². The van der Waals surface area contributed by atoms with Crippen molar-refractivity contribution in [1.82, 2.24) is 10.0 Å². The van der Waals surface area contributed by atoms with Gasteiger partial charge < -0.3 is 11.1 Å². The highest BCUT2D eigenvalue weighted by Crippen LogP contribution is 2.16. The number of nitrogen functional groups attached to an aromatic ring is 1. The first-order chi connectivity index (χ1) is 8.69. The van der Waals surface area contributed by atoms with Gasteiger partial charge in [-0.15, -0.1) is 0 Å². The van der Waals surface area contributed by atoms with Gasteiger partial charge >= 0.3 is 0 Å². The quantitative estimate of drug-likeness (QED) is 0.678. The van der Waals surface area contributed by atoms with Gasteiger partial charge in [0, 0.05) is 19.3 Å². The number of nitrogens with one attached hydrogen (secondary N) is 2. The number of carbonyl (C=O) groups excluding carboxylic acids is 1. The number of carbonyl (C=O) groups is 1. The fourth-order valence-corrected chi connectivity index (χ4v) is 2.64. The zero-order chi connectivity index (χ0) is 14.7. The predicted molar refractivity (Wildman–Crippen MR) is 73.9 cm³/mol. The van der Waals surface area contributed by atoms with Gasteiger partial charge in [0.25, 0.3) is 0 Å². The van der Waals surface area contributed by atoms with Crippen LogP contribution in [0.2, 0.25) is 0 Å². The SMILES string of the molecule is CNC(=O)C(C)(C)CNS(=O)(=O)c1ccc(N)cc1. The Bertz CT molecular complexity index is 550. The van der Waals surface area contributed by atoms with Crippen LogP contribution in [0.15, 0.2) is 29.2 Å². The lowest BCUT2D eigenvalue weighted by molar-refractivity contribution is -0.128. The van der Waals surface area contributed by atoms with Gasteiger partial charge in [-0.1, -0.05) is 0 Å². The standard InChI is InChI=1S/C12H19N3O3S/c1-12(2,11(16)14-3)8-15-19(17,18)10-6-4-9(13)5-7-10/h4-7,15H,8,13H2,1-3H3,(H,14,16). The second-order valence-corrected chi connectivity index (χ2v) is 6.62. The minimum Gasteiger partial charge on any atom is -0.399 e. The Hall–Kier alpha value is -1.60. The fraction of sp³-hybridized carbons (Fsp3) is 0.417. The number of benzene rings is 1. The van der Waals surface area contributed by atoms with Crippen LogP contribution in [-0.4, -0.2) is 27.9 Å². The molecule has 106 valence electrons. The first-order valence-corrected chi connectivity index (χ1v) is 7.25. The number of hydrogen-bond acceptors (Lipinski definition) is 4. The van der Waals surface area contributed by atoms with Crippen LogP contribution in [0.5, 0.6) is 0 Å². The molecular weight excluding hydrogens is 266 g/mol. The summed E-state index contributed by atoms with van der Waals surface area (Å²) in [7, 11) is -2.13. The van der Waals surface area contributed by atoms with Crippen LogP contribution in [0, 0.1) is 5.41 Å². The van der Waals surface area contributed by atoms with E-state index in [0.717, 1.165) is 0 Å². The van der Waals surface area contributed by atoms with Crippen LogP contribution in [0.1, 0.15) is 13.8 Å². The summed E-state index contributed by atoms with van der Waals surface area (Å²) < 4.78 is 26.5. The van der Waals surface area contributed by atoms with Crippen LogP contribution in [0.25, 0.3) is 0 Å². The lowest BCUT2D eigenvalue weighted by Crippen LogP contribution is -2.43. The molecule has 0 aromatic heterocycles. The molecule has 7 heteroatoms. The van der Waals surface area contributed by atoms with E-state index in [1.807, 2.05) is 0 Å². The third-order valence-corrected chi connectivity index (χ3v) is 4.15. The normalized spacial score (nSPS) is 12.2. The molecule has 0 aliphatic rings. The summed E-state index contributed by atoms with van der Waals surface area (Å²) in [6.07, 6.45) is 0. The second kappa shape index (κ2) is 5.58. The Morgan fingerprint density at radius 3 is 2.26 bits per heavy atom. The minimum atomic E-state index is -3.64. The summed E-state index contributed by atoms with van der Waals surface area (Å²) in [6, 6.07) is 5.87. The number of hydrogen-bond donors (Lipinski definition) is 3. The van der Waals surface area contributed by atoms with E-state index < -0.39 is 15.4 Å². The van der Waals surface area contributed by atoms with Gasteiger partial charge in [0.2, 0.25) is 15.9 Å². The average Bonchev–Trinajstić information content (AvgIpc) is 2.36. The van der Waals surface area contributed by atoms with Crippen molar-refractivity contribution in [3.63, 3.8) is 0 Å². The Morgan fingerprint density at radius 1 is 1.26 bits per heavy atom. The van der Waals surface area contributed by atoms with Gasteiger partial charge in [0.05, 0.1) is 10.3 Å². The molecule has 0 heterocycles. The number of nitrogens with two attached hydrogens (primary N) is 1. The Morgan fingerprint density at radius 2 is 1.79 bits per heavy atom. The second-order valence-electron chi connectivity index (χ2n) is 4.86. The highest BCUT2D eigenvalue weighted by atomic mass is 32.2. The van der Waals surface area contributed by atoms with Crippen molar-refractivity contribution in [3.8, 4) is 0 Å². The molecule has 0 saturated carbocycles. The van der Waals surface area contributed by atoms with E-state index in [-0.39, 0.29) is 17.3 Å². The van der Waals surface area contributed by atoms with Crippen molar-refractivity contribution in [3.05, 3.63) is 24.3 Å². The molecule has 6 nitrogen and oxygen atoms in total. The molecule has 0 fully saturated rings. The zero-order valence-electron chi connectivity index (χ0n) is 11.2. The van der Waals surface area contributed by atoms with Gasteiger partial charge in [0.15, 0.2) is 0 Å². The van der Waals surface area contributed by atoms with Gasteiger partial charge in [-0.05, 0) is 38.1 Å². The van der Waals surface area contributed by atoms with E-state index in [2.05, 4.69) is 10.0 Å². The molecule has 1 amide bonds. The van der Waals surface area contributed by atoms with Gasteiger partial charge in [-0.25, -0.2) is 13.1 Å². The Balaban J connectivity index is 2.82. The predicted octanol–water partition coefficient (Wildman–Crippen LogP) is 0.319. The lowest BCUT2D eigenvalue weighted by atomic mass is 9.93. The topological polar surface area (TPSA) is 101 Å². The largest absolute Gasteiger partial charge is 0.399 e. The maximum Gasteiger partial charge on any atom is 0.240 e. The van der Waals surface area contributed by atoms with Crippen molar-refractivity contribution in [2.24, 2.45) is 5.41 Å². The monoisotopic (exact) mass is 285 g/mol. The highest BCUT2D eigenvalue weighted by Gasteiger charge is 2.28. The first-order valence-electron chi connectivity index (χ1n) is 5.76. The van der Waals surface area contributed by atoms with E-state index in [4.69, 9.17) is 5.73 Å². The third-order valence-electron chi connectivity index (χ3n) is 2.74. The summed E-state index contributed by atoms with van der Waals surface area (Å²) in [4.78, 5) is 11.7. The molecule has 4 N–H and O–H groups in total. The summed E-state index contributed by atoms with van der Waals surface area (Å²) in [5.41, 5.74) is 5.17. The average molecular weight is 285 g/mol. The van der Waals surface area contributed by atoms with E-state index in [9.17, 15) is 13.2 Å². The minimum absolute atomic E-state index is 0.0133. The Labute approximate surface area is 113 Å². The molecule has 1 aromatic carbocycles. The molecule has 0 radical (unpaired) electrons. The van der Waals surface area contributed by atoms with Crippen LogP contribution < -0.4 is 15.8 Å². The maximum atomic E-state index is 12.0. The zero-order valence-corrected chi connectivity index (χ0v) is 12.0. The van der Waals surface area contributed by atoms with Gasteiger partial charge in [0.1, 0.15) is 0 Å². The van der Waals surface area contributed by atoms with Crippen molar-refractivity contribution in [2.45, 2.75) is 18.7 Å². The van der Waals surface area contributed by atoms with Gasteiger partial charge in [-0.3, -0.25) is 4.79 Å². The molecule has 0 unspecified atom stereocenters. The number of rotatable bonds is 5. The summed E-state index contributed by atoms with van der Waals surface area (Å²) in [5, 5.41) is 2.50. The van der Waals surface area contributed by atoms with Crippen LogP contribution in [0.3, 0.4) is 0 Å². The smallest absolute Gasteiger partial charge is 0.240 e. The third kappa shape index (κ3) is 3.93. The van der Waals surface area contributed by atoms with Crippen molar-refractivity contribution in [1.29, 1.82) is 0 Å². The molecule has 0 saturated heterocycles. The molecule has 1 aromatic rings. The van der Waals surface area contributed by atoms with Gasteiger partial charge in [-0.2, -0.15) is 0 Å². The Kier molecular flexibility index (Phi) is 4.54. The summed E-state index contributed by atoms with van der Waals surface area (Å²) in [5.74, 6) is -0.229. The van der Waals surface area contributed by atoms with Crippen molar-refractivity contribution < 1.29 is 13.2 Å². The molecule has 0 aliphatic carbocycles. The molecule has 19 heavy (non-hydrogen) atoms. The van der Waals surface area contributed by atoms with Crippen LogP contribution >= 0.6 is 0 Å². The number of anilines is 1. The molecular formula is C12H19N3O3S. The summed E-state index contributed by atoms with van der Waals surface area (Å²) in [6.45, 7) is 3.34. The van der Waals surface area contributed by atoms with Crippen LogP contribution in [0.4, 0.5) is 5.69 Å². The molecule has 0 bridgehead atoms. The lowest BCUT2D eigenvalue weighted by Gasteiger charge is -2.22. The van der Waals surface area contributed by atoms with E-state index in [1.54, 1.807) is 13.8 Å². The van der Waals surface area contributed by atoms with E-state index in [0.29, 0.717) is 5.69 Å². The molecule has 0 atom stereocenters. The molecule has 0 spiro atoms. The van der Waals surface area contributed by atoms with Crippen LogP contribution in [-0.2, 0) is 14.8 Å². The van der Waals surface area contributed by atoms with Crippen molar-refractivity contribution in [2.75, 3.05) is 19.3 Å². The first kappa shape index (κ1) is 15.5. The highest BCUT2D eigenvalue weighted by molar-refractivity contribution is 7.89. The molecule has 1 rings (SSSR count). The summed E-state index contributed by atoms with van der Waals surface area (Å²) >= 11 is 0. The number of amides is 1. The van der Waals surface area contributed by atoms with E-state index >= 15 is 0 Å². The maximum absolute atomic E-state index is 12.0. The van der Waals surface area contributed by atoms with E-state index in [1.165, 1.54) is 31.3 Å². The number of sulfonamides is 1. The fourth-order valence-electron chi connectivity index (χ4n) is 1.42.